The molecule has 0 spiro atoms. The molecule has 0 saturated heterocycles. The Labute approximate surface area is 216 Å². The predicted molar refractivity (Wildman–Crippen MR) is 139 cm³/mol. The van der Waals surface area contributed by atoms with Crippen LogP contribution in [-0.4, -0.2) is 36.2 Å². The van der Waals surface area contributed by atoms with Crippen LogP contribution in [-0.2, 0) is 11.1 Å². The van der Waals surface area contributed by atoms with Crippen LogP contribution in [0.3, 0.4) is 0 Å². The van der Waals surface area contributed by atoms with E-state index in [9.17, 15) is 14.3 Å². The first-order valence-corrected chi connectivity index (χ1v) is 12.3. The fourth-order valence-corrected chi connectivity index (χ4v) is 4.41. The van der Waals surface area contributed by atoms with E-state index in [-0.39, 0.29) is 31.0 Å². The summed E-state index contributed by atoms with van der Waals surface area (Å²) < 4.78 is 30.7. The lowest BCUT2D eigenvalue weighted by molar-refractivity contribution is 0.0396. The van der Waals surface area contributed by atoms with Gasteiger partial charge in [-0.3, -0.25) is 4.79 Å². The number of methoxy groups -OCH3 is 1. The van der Waals surface area contributed by atoms with Crippen molar-refractivity contribution in [3.63, 3.8) is 0 Å². The van der Waals surface area contributed by atoms with E-state index < -0.39 is 11.1 Å². The summed E-state index contributed by atoms with van der Waals surface area (Å²) in [5.41, 5.74) is 7.39. The molecule has 37 heavy (non-hydrogen) atoms. The van der Waals surface area contributed by atoms with Crippen LogP contribution in [0.25, 0.3) is 11.3 Å². The van der Waals surface area contributed by atoms with Gasteiger partial charge in [0.15, 0.2) is 23.0 Å². The lowest BCUT2D eigenvalue weighted by Crippen LogP contribution is -2.35. The van der Waals surface area contributed by atoms with E-state index in [1.807, 2.05) is 13.8 Å². The maximum atomic E-state index is 13.9. The van der Waals surface area contributed by atoms with Crippen molar-refractivity contribution in [2.45, 2.75) is 51.7 Å². The van der Waals surface area contributed by atoms with Gasteiger partial charge in [0, 0.05) is 23.1 Å². The fraction of sp³-hybridized carbons (Fsp3) is 0.379. The van der Waals surface area contributed by atoms with Crippen molar-refractivity contribution in [2.75, 3.05) is 20.3 Å². The molecular weight excluding hydrogens is 475 g/mol. The number of halogens is 1. The summed E-state index contributed by atoms with van der Waals surface area (Å²) in [6.45, 7) is 7.74. The summed E-state index contributed by atoms with van der Waals surface area (Å²) in [5.74, 6) is 1.09. The first kappa shape index (κ1) is 26.6. The van der Waals surface area contributed by atoms with Crippen molar-refractivity contribution in [3.8, 4) is 28.5 Å². The number of carbonyl (C=O) groups excluding carboxylic acids is 1. The van der Waals surface area contributed by atoms with Crippen molar-refractivity contribution in [2.24, 2.45) is 5.73 Å². The number of rotatable bonds is 9. The number of nitrogens with two attached hydrogens (primary N) is 1. The molecule has 1 aromatic heterocycles. The van der Waals surface area contributed by atoms with Gasteiger partial charge in [-0.25, -0.2) is 9.37 Å². The SMILES string of the molecule is CCOc1ccc(C(=O)CC[C@](C)(O)c2cc3c(c(-c4ccc(F)c(C)c4)n2)OC[C@]3(C)N)cc1OC. The molecule has 7 nitrogen and oxygen atoms in total. The molecule has 196 valence electrons. The lowest BCUT2D eigenvalue weighted by Gasteiger charge is -2.25. The second-order valence-electron chi connectivity index (χ2n) is 9.90. The molecule has 3 N–H and O–H groups in total. The number of ketones is 1. The number of hydrogen-bond acceptors (Lipinski definition) is 7. The minimum Gasteiger partial charge on any atom is -0.493 e. The molecule has 1 aliphatic heterocycles. The molecule has 2 atom stereocenters. The first-order valence-electron chi connectivity index (χ1n) is 12.3. The number of aliphatic hydroxyl groups is 1. The molecule has 1 aliphatic rings. The molecule has 8 heteroatoms. The van der Waals surface area contributed by atoms with Crippen molar-refractivity contribution in [3.05, 3.63) is 70.7 Å². The highest BCUT2D eigenvalue weighted by Gasteiger charge is 2.38. The fourth-order valence-electron chi connectivity index (χ4n) is 4.41. The summed E-state index contributed by atoms with van der Waals surface area (Å²) in [6.07, 6.45) is 0.196. The molecular formula is C29H33FN2O5. The minimum atomic E-state index is -1.44. The van der Waals surface area contributed by atoms with Crippen LogP contribution in [0.2, 0.25) is 0 Å². The highest BCUT2D eigenvalue weighted by atomic mass is 19.1. The highest BCUT2D eigenvalue weighted by Crippen LogP contribution is 2.44. The van der Waals surface area contributed by atoms with Gasteiger partial charge < -0.3 is 25.1 Å². The Hall–Kier alpha value is -3.49. The van der Waals surface area contributed by atoms with Gasteiger partial charge >= 0.3 is 0 Å². The number of hydrogen-bond donors (Lipinski definition) is 2. The van der Waals surface area contributed by atoms with E-state index in [1.54, 1.807) is 50.2 Å². The zero-order chi connectivity index (χ0) is 27.0. The van der Waals surface area contributed by atoms with Gasteiger partial charge in [-0.05, 0) is 82.1 Å². The van der Waals surface area contributed by atoms with Gasteiger partial charge in [-0.2, -0.15) is 0 Å². The second-order valence-corrected chi connectivity index (χ2v) is 9.90. The van der Waals surface area contributed by atoms with Crippen molar-refractivity contribution >= 4 is 5.78 Å². The summed E-state index contributed by atoms with van der Waals surface area (Å²) >= 11 is 0. The maximum Gasteiger partial charge on any atom is 0.163 e. The Morgan fingerprint density at radius 2 is 2.00 bits per heavy atom. The first-order chi connectivity index (χ1) is 17.5. The normalized spacial score (nSPS) is 18.1. The molecule has 0 unspecified atom stereocenters. The molecule has 0 saturated carbocycles. The quantitative estimate of drug-likeness (QED) is 0.390. The van der Waals surface area contributed by atoms with Gasteiger partial charge in [0.05, 0.1) is 24.9 Å². The summed E-state index contributed by atoms with van der Waals surface area (Å²) in [6, 6.07) is 11.5. The van der Waals surface area contributed by atoms with Gasteiger partial charge in [0.1, 0.15) is 23.7 Å². The van der Waals surface area contributed by atoms with E-state index in [2.05, 4.69) is 0 Å². The number of pyridine rings is 1. The van der Waals surface area contributed by atoms with Crippen molar-refractivity contribution in [1.82, 2.24) is 4.98 Å². The molecule has 3 aromatic rings. The number of benzene rings is 2. The van der Waals surface area contributed by atoms with Crippen LogP contribution in [0, 0.1) is 12.7 Å². The lowest BCUT2D eigenvalue weighted by atomic mass is 9.88. The summed E-state index contributed by atoms with van der Waals surface area (Å²) in [4.78, 5) is 17.7. The Morgan fingerprint density at radius 1 is 1.24 bits per heavy atom. The number of nitrogens with zero attached hydrogens (tertiary/aromatic N) is 1. The standard InChI is InChI=1S/C29H33FN2O5/c1-6-36-23-10-8-18(14-24(23)35-5)22(33)11-12-29(4,34)25-15-20-27(37-16-28(20,3)31)26(32-25)19-7-9-21(30)17(2)13-19/h7-10,13-15,34H,6,11-12,16,31H2,1-5H3/t28-,29-/m0/s1. The Kier molecular flexibility index (Phi) is 7.26. The molecule has 4 rings (SSSR count). The molecule has 2 heterocycles. The highest BCUT2D eigenvalue weighted by molar-refractivity contribution is 5.96. The second kappa shape index (κ2) is 10.1. The summed E-state index contributed by atoms with van der Waals surface area (Å²) in [7, 11) is 1.52. The van der Waals surface area contributed by atoms with Crippen molar-refractivity contribution < 1.29 is 28.5 Å². The van der Waals surface area contributed by atoms with Crippen LogP contribution in [0.15, 0.2) is 42.5 Å². The Balaban J connectivity index is 1.64. The van der Waals surface area contributed by atoms with E-state index in [1.165, 1.54) is 13.2 Å². The van der Waals surface area contributed by atoms with E-state index in [0.717, 1.165) is 0 Å². The molecule has 2 aromatic carbocycles. The third-order valence-corrected chi connectivity index (χ3v) is 6.71. The third-order valence-electron chi connectivity index (χ3n) is 6.71. The van der Waals surface area contributed by atoms with Crippen LogP contribution in [0.5, 0.6) is 17.2 Å². The van der Waals surface area contributed by atoms with Crippen molar-refractivity contribution in [1.29, 1.82) is 0 Å². The van der Waals surface area contributed by atoms with E-state index >= 15 is 0 Å². The van der Waals surface area contributed by atoms with Gasteiger partial charge in [0.25, 0.3) is 0 Å². The molecule has 0 amide bonds. The Morgan fingerprint density at radius 3 is 2.68 bits per heavy atom. The number of aryl methyl sites for hydroxylation is 1. The van der Waals surface area contributed by atoms with Crippen LogP contribution < -0.4 is 19.9 Å². The number of fused-ring (bicyclic) bond motifs is 1. The molecule has 0 radical (unpaired) electrons. The average Bonchev–Trinajstić information content (AvgIpc) is 3.18. The van der Waals surface area contributed by atoms with Crippen LogP contribution >= 0.6 is 0 Å². The maximum absolute atomic E-state index is 13.9. The molecule has 0 bridgehead atoms. The van der Waals surface area contributed by atoms with Gasteiger partial charge in [0.2, 0.25) is 0 Å². The minimum absolute atomic E-state index is 0.0737. The monoisotopic (exact) mass is 508 g/mol. The topological polar surface area (TPSA) is 104 Å². The number of Topliss-reactive ketones (excluding diaryl/α,β-unsaturated/α-hetero) is 1. The van der Waals surface area contributed by atoms with E-state index in [4.69, 9.17) is 24.9 Å². The molecule has 0 fully saturated rings. The van der Waals surface area contributed by atoms with Gasteiger partial charge in [-0.15, -0.1) is 0 Å². The van der Waals surface area contributed by atoms with Crippen LogP contribution in [0.1, 0.15) is 60.8 Å². The largest absolute Gasteiger partial charge is 0.493 e. The van der Waals surface area contributed by atoms with E-state index in [0.29, 0.717) is 57.5 Å². The number of aromatic nitrogens is 1. The summed E-state index contributed by atoms with van der Waals surface area (Å²) in [5, 5.41) is 11.5. The smallest absolute Gasteiger partial charge is 0.163 e. The Bertz CT molecular complexity index is 1340. The molecule has 0 aliphatic carbocycles. The average molecular weight is 509 g/mol. The third kappa shape index (κ3) is 5.31. The number of carbonyl (C=O) groups is 1. The predicted octanol–water partition coefficient (Wildman–Crippen LogP) is 5.04. The van der Waals surface area contributed by atoms with Gasteiger partial charge in [-0.1, -0.05) is 0 Å². The number of ether oxygens (including phenoxy) is 3. The zero-order valence-electron chi connectivity index (χ0n) is 21.9. The zero-order valence-corrected chi connectivity index (χ0v) is 21.9. The van der Waals surface area contributed by atoms with Crippen LogP contribution in [0.4, 0.5) is 4.39 Å².